The van der Waals surface area contributed by atoms with Crippen molar-refractivity contribution in [1.29, 1.82) is 0 Å². The maximum Gasteiger partial charge on any atom is 0.328 e. The van der Waals surface area contributed by atoms with Gasteiger partial charge in [0.25, 0.3) is 0 Å². The maximum atomic E-state index is 12.1. The van der Waals surface area contributed by atoms with E-state index < -0.39 is 11.9 Å². The lowest BCUT2D eigenvalue weighted by molar-refractivity contribution is -0.134. The molecular formula is C24H28N2O5S. The van der Waals surface area contributed by atoms with Gasteiger partial charge in [-0.25, -0.2) is 9.59 Å². The zero-order chi connectivity index (χ0) is 23.8. The first-order chi connectivity index (χ1) is 15.1. The summed E-state index contributed by atoms with van der Waals surface area (Å²) in [7, 11) is 4.21. The Hall–Kier alpha value is -3.10. The molecule has 0 aromatic heterocycles. The maximum absolute atomic E-state index is 12.1. The van der Waals surface area contributed by atoms with Gasteiger partial charge in [0.2, 0.25) is 0 Å². The number of anilines is 2. The number of aliphatic carboxylic acids is 2. The second-order valence-corrected chi connectivity index (χ2v) is 8.55. The Kier molecular flexibility index (Phi) is 9.04. The molecule has 0 amide bonds. The van der Waals surface area contributed by atoms with E-state index in [1.165, 1.54) is 15.5 Å². The normalized spacial score (nSPS) is 13.1. The zero-order valence-electron chi connectivity index (χ0n) is 18.6. The molecule has 0 fully saturated rings. The van der Waals surface area contributed by atoms with Crippen molar-refractivity contribution < 1.29 is 24.6 Å². The van der Waals surface area contributed by atoms with Gasteiger partial charge in [-0.05, 0) is 45.3 Å². The quantitative estimate of drug-likeness (QED) is 0.463. The van der Waals surface area contributed by atoms with Crippen molar-refractivity contribution in [3.8, 4) is 0 Å². The topological polar surface area (TPSA) is 98.2 Å². The highest BCUT2D eigenvalue weighted by Gasteiger charge is 2.25. The molecule has 3 rings (SSSR count). The van der Waals surface area contributed by atoms with E-state index >= 15 is 0 Å². The van der Waals surface area contributed by atoms with Gasteiger partial charge in [-0.2, -0.15) is 0 Å². The van der Waals surface area contributed by atoms with Crippen molar-refractivity contribution in [2.24, 2.45) is 0 Å². The molecule has 7 nitrogen and oxygen atoms in total. The van der Waals surface area contributed by atoms with Crippen LogP contribution in [0.5, 0.6) is 0 Å². The molecule has 170 valence electrons. The van der Waals surface area contributed by atoms with Crippen molar-refractivity contribution in [3.05, 3.63) is 60.2 Å². The summed E-state index contributed by atoms with van der Waals surface area (Å²) in [6, 6.07) is 15.0. The number of nitrogens with zero attached hydrogens (tertiary/aromatic N) is 2. The summed E-state index contributed by atoms with van der Waals surface area (Å²) in [5, 5.41) is 15.6. The lowest BCUT2D eigenvalue weighted by atomic mass is 10.1. The van der Waals surface area contributed by atoms with Gasteiger partial charge in [0.1, 0.15) is 0 Å². The van der Waals surface area contributed by atoms with Gasteiger partial charge in [0.15, 0.2) is 5.78 Å². The molecule has 1 atom stereocenters. The number of hydrogen-bond donors (Lipinski definition) is 2. The minimum Gasteiger partial charge on any atom is -0.478 e. The van der Waals surface area contributed by atoms with Gasteiger partial charge in [-0.1, -0.05) is 36.9 Å². The molecule has 0 aliphatic carbocycles. The van der Waals surface area contributed by atoms with Gasteiger partial charge in [-0.15, -0.1) is 0 Å². The summed E-state index contributed by atoms with van der Waals surface area (Å²) in [5.74, 6) is -2.32. The smallest absolute Gasteiger partial charge is 0.328 e. The highest BCUT2D eigenvalue weighted by atomic mass is 32.2. The van der Waals surface area contributed by atoms with Crippen LogP contribution < -0.4 is 4.90 Å². The number of carbonyl (C=O) groups excluding carboxylic acids is 1. The number of hydrogen-bond acceptors (Lipinski definition) is 6. The third kappa shape index (κ3) is 6.70. The van der Waals surface area contributed by atoms with E-state index in [4.69, 9.17) is 10.2 Å². The average molecular weight is 457 g/mol. The lowest BCUT2D eigenvalue weighted by Crippen LogP contribution is -2.37. The number of ketones is 1. The fraction of sp³-hybridized carbons (Fsp3) is 0.292. The van der Waals surface area contributed by atoms with Crippen molar-refractivity contribution in [3.63, 3.8) is 0 Å². The van der Waals surface area contributed by atoms with Crippen molar-refractivity contribution in [1.82, 2.24) is 4.90 Å². The van der Waals surface area contributed by atoms with Crippen LogP contribution in [0.4, 0.5) is 11.4 Å². The van der Waals surface area contributed by atoms with E-state index in [1.807, 2.05) is 13.0 Å². The Labute approximate surface area is 192 Å². The first kappa shape index (κ1) is 25.2. The predicted octanol–water partition coefficient (Wildman–Crippen LogP) is 4.54. The number of Topliss-reactive ketones (excluding diaryl/α,β-unsaturated/α-hetero) is 1. The number of benzene rings is 2. The molecule has 2 aromatic rings. The van der Waals surface area contributed by atoms with E-state index in [1.54, 1.807) is 11.8 Å². The predicted molar refractivity (Wildman–Crippen MR) is 126 cm³/mol. The zero-order valence-corrected chi connectivity index (χ0v) is 19.4. The number of carboxylic acid groups (broad SMARTS) is 2. The van der Waals surface area contributed by atoms with Gasteiger partial charge in [0, 0.05) is 46.5 Å². The number of carboxylic acids is 2. The Bertz CT molecular complexity index is 1000. The summed E-state index contributed by atoms with van der Waals surface area (Å²) in [5.41, 5.74) is 3.18. The lowest BCUT2D eigenvalue weighted by Gasteiger charge is -2.36. The number of likely N-dealkylation sites (N-methyl/N-ethyl adjacent to an activating group) is 1. The summed E-state index contributed by atoms with van der Waals surface area (Å²) in [6.45, 7) is 5.03. The minimum absolute atomic E-state index is 0.197. The van der Waals surface area contributed by atoms with Gasteiger partial charge < -0.3 is 20.0 Å². The first-order valence-corrected chi connectivity index (χ1v) is 11.0. The second kappa shape index (κ2) is 11.5. The van der Waals surface area contributed by atoms with Crippen molar-refractivity contribution in [2.45, 2.75) is 36.1 Å². The molecule has 2 aromatic carbocycles. The summed E-state index contributed by atoms with van der Waals surface area (Å²) in [4.78, 5) is 38.3. The molecular weight excluding hydrogens is 428 g/mol. The molecule has 8 heteroatoms. The van der Waals surface area contributed by atoms with Gasteiger partial charge >= 0.3 is 11.9 Å². The highest BCUT2D eigenvalue weighted by molar-refractivity contribution is 7.99. The van der Waals surface area contributed by atoms with Crippen molar-refractivity contribution >= 4 is 40.9 Å². The van der Waals surface area contributed by atoms with Crippen LogP contribution in [0.3, 0.4) is 0 Å². The van der Waals surface area contributed by atoms with E-state index in [-0.39, 0.29) is 5.78 Å². The fourth-order valence-corrected chi connectivity index (χ4v) is 4.05. The molecule has 0 bridgehead atoms. The summed E-state index contributed by atoms with van der Waals surface area (Å²) >= 11 is 1.78. The highest BCUT2D eigenvalue weighted by Crippen LogP contribution is 2.48. The van der Waals surface area contributed by atoms with Crippen LogP contribution in [0.1, 0.15) is 30.6 Å². The molecule has 0 radical (unpaired) electrons. The molecule has 0 saturated carbocycles. The van der Waals surface area contributed by atoms with Crippen LogP contribution in [-0.4, -0.2) is 59.5 Å². The number of fused-ring (bicyclic) bond motifs is 2. The largest absolute Gasteiger partial charge is 0.478 e. The van der Waals surface area contributed by atoms with Gasteiger partial charge in [-0.3, -0.25) is 4.79 Å². The Morgan fingerprint density at radius 1 is 1.00 bits per heavy atom. The second-order valence-electron chi connectivity index (χ2n) is 7.46. The third-order valence-corrected chi connectivity index (χ3v) is 6.10. The number of para-hydroxylation sites is 1. The average Bonchev–Trinajstić information content (AvgIpc) is 2.77. The first-order valence-electron chi connectivity index (χ1n) is 10.2. The summed E-state index contributed by atoms with van der Waals surface area (Å²) in [6.07, 6.45) is 1.65. The number of carbonyl (C=O) groups is 3. The molecule has 32 heavy (non-hydrogen) atoms. The molecule has 2 N–H and O–H groups in total. The van der Waals surface area contributed by atoms with Crippen LogP contribution in [0.15, 0.2) is 64.4 Å². The molecule has 0 saturated heterocycles. The summed E-state index contributed by atoms with van der Waals surface area (Å²) < 4.78 is 0. The van der Waals surface area contributed by atoms with Crippen LogP contribution >= 0.6 is 11.8 Å². The SMILES string of the molecule is CCC(=O)c1ccc2c(c1)N(CC(C)N(C)C)c1ccccc1S2.O=C(O)C=CC(=O)O. The van der Waals surface area contributed by atoms with E-state index in [0.29, 0.717) is 24.6 Å². The van der Waals surface area contributed by atoms with E-state index in [2.05, 4.69) is 67.2 Å². The Balaban J connectivity index is 0.000000390. The van der Waals surface area contributed by atoms with Crippen LogP contribution in [0.2, 0.25) is 0 Å². The standard InChI is InChI=1S/C20H24N2OS.C4H4O4/c1-5-18(23)15-10-11-20-17(12-15)22(13-14(2)21(3)4)16-8-6-7-9-19(16)24-20;5-3(6)1-2-4(7)8/h6-12,14H,5,13H2,1-4H3;1-2H,(H,5,6)(H,7,8). The fourth-order valence-electron chi connectivity index (χ4n) is 2.97. The van der Waals surface area contributed by atoms with Crippen LogP contribution in [-0.2, 0) is 9.59 Å². The van der Waals surface area contributed by atoms with E-state index in [9.17, 15) is 14.4 Å². The molecule has 1 heterocycles. The Morgan fingerprint density at radius 2 is 1.59 bits per heavy atom. The molecule has 0 spiro atoms. The Morgan fingerprint density at radius 3 is 2.16 bits per heavy atom. The van der Waals surface area contributed by atoms with Gasteiger partial charge in [0.05, 0.1) is 11.4 Å². The van der Waals surface area contributed by atoms with Crippen molar-refractivity contribution in [2.75, 3.05) is 25.5 Å². The monoisotopic (exact) mass is 456 g/mol. The van der Waals surface area contributed by atoms with Crippen LogP contribution in [0, 0.1) is 0 Å². The molecule has 1 unspecified atom stereocenters. The number of rotatable bonds is 7. The minimum atomic E-state index is -1.26. The van der Waals surface area contributed by atoms with Crippen LogP contribution in [0.25, 0.3) is 0 Å². The molecule has 1 aliphatic heterocycles. The van der Waals surface area contributed by atoms with E-state index in [0.717, 1.165) is 17.8 Å². The molecule has 1 aliphatic rings. The third-order valence-electron chi connectivity index (χ3n) is 4.97.